The van der Waals surface area contributed by atoms with Crippen LogP contribution in [0.5, 0.6) is 5.75 Å². The number of hydrogen-bond acceptors (Lipinski definition) is 5. The number of nitrogens with one attached hydrogen (secondary N) is 1. The van der Waals surface area contributed by atoms with E-state index in [0.29, 0.717) is 47.7 Å². The van der Waals surface area contributed by atoms with Gasteiger partial charge in [0.05, 0.1) is 18.1 Å². The molecule has 0 aliphatic heterocycles. The Labute approximate surface area is 215 Å². The van der Waals surface area contributed by atoms with Gasteiger partial charge in [-0.15, -0.1) is 0 Å². The molecule has 1 saturated carbocycles. The van der Waals surface area contributed by atoms with Gasteiger partial charge in [-0.3, -0.25) is 4.79 Å². The van der Waals surface area contributed by atoms with E-state index < -0.39 is 23.2 Å². The third-order valence-electron chi connectivity index (χ3n) is 6.68. The number of ether oxygens (including phenoxy) is 1. The van der Waals surface area contributed by atoms with E-state index in [1.165, 1.54) is 6.07 Å². The van der Waals surface area contributed by atoms with Gasteiger partial charge < -0.3 is 20.3 Å². The van der Waals surface area contributed by atoms with Crippen molar-refractivity contribution < 1.29 is 28.5 Å². The van der Waals surface area contributed by atoms with Crippen molar-refractivity contribution in [1.29, 1.82) is 0 Å². The number of anilines is 1. The van der Waals surface area contributed by atoms with Crippen LogP contribution >= 0.6 is 0 Å². The monoisotopic (exact) mass is 510 g/mol. The molecule has 196 valence electrons. The van der Waals surface area contributed by atoms with Gasteiger partial charge in [-0.2, -0.15) is 0 Å². The Morgan fingerprint density at radius 1 is 1.14 bits per heavy atom. The van der Waals surface area contributed by atoms with Gasteiger partial charge in [0, 0.05) is 36.4 Å². The molecule has 0 spiro atoms. The number of aliphatic hydroxyl groups is 1. The first-order valence-electron chi connectivity index (χ1n) is 12.3. The highest BCUT2D eigenvalue weighted by Gasteiger charge is 2.44. The number of pyridine rings is 1. The Morgan fingerprint density at radius 2 is 1.84 bits per heavy atom. The second-order valence-electron chi connectivity index (χ2n) is 10.4. The summed E-state index contributed by atoms with van der Waals surface area (Å²) in [6.45, 7) is 7.59. The normalized spacial score (nSPS) is 16.9. The summed E-state index contributed by atoms with van der Waals surface area (Å²) < 4.78 is 35.3. The van der Waals surface area contributed by atoms with Gasteiger partial charge in [0.15, 0.2) is 0 Å². The van der Waals surface area contributed by atoms with Crippen LogP contribution in [0.15, 0.2) is 42.6 Å². The lowest BCUT2D eigenvalue weighted by Gasteiger charge is -2.19. The minimum atomic E-state index is -0.829. The van der Waals surface area contributed by atoms with E-state index in [2.05, 4.69) is 10.3 Å². The van der Waals surface area contributed by atoms with Gasteiger partial charge in [-0.1, -0.05) is 6.07 Å². The summed E-state index contributed by atoms with van der Waals surface area (Å²) in [6.07, 6.45) is 2.72. The van der Waals surface area contributed by atoms with Crippen molar-refractivity contribution in [2.24, 2.45) is 5.92 Å². The minimum Gasteiger partial charge on any atom is -0.493 e. The summed E-state index contributed by atoms with van der Waals surface area (Å²) in [4.78, 5) is 15.4. The van der Waals surface area contributed by atoms with Crippen LogP contribution in [0.2, 0.25) is 0 Å². The van der Waals surface area contributed by atoms with Crippen molar-refractivity contribution in [3.63, 3.8) is 0 Å². The zero-order valence-electron chi connectivity index (χ0n) is 21.4. The smallest absolute Gasteiger partial charge is 0.307 e. The van der Waals surface area contributed by atoms with E-state index in [1.54, 1.807) is 26.1 Å². The fourth-order valence-corrected chi connectivity index (χ4v) is 4.52. The largest absolute Gasteiger partial charge is 0.493 e. The molecule has 6 nitrogen and oxygen atoms in total. The molecule has 3 aromatic rings. The fraction of sp³-hybridized carbons (Fsp3) is 0.379. The molecule has 0 saturated heterocycles. The van der Waals surface area contributed by atoms with Crippen molar-refractivity contribution in [1.82, 2.24) is 4.98 Å². The molecule has 3 N–H and O–H groups in total. The van der Waals surface area contributed by atoms with Crippen LogP contribution in [-0.4, -0.2) is 33.4 Å². The molecule has 4 rings (SSSR count). The van der Waals surface area contributed by atoms with E-state index in [1.807, 2.05) is 32.0 Å². The van der Waals surface area contributed by atoms with Crippen molar-refractivity contribution in [3.05, 3.63) is 76.5 Å². The summed E-state index contributed by atoms with van der Waals surface area (Å²) in [5.74, 6) is -1.33. The fourth-order valence-electron chi connectivity index (χ4n) is 4.52. The predicted octanol–water partition coefficient (Wildman–Crippen LogP) is 5.98. The Kier molecular flexibility index (Phi) is 7.50. The first-order valence-corrected chi connectivity index (χ1v) is 12.3. The molecule has 2 aromatic carbocycles. The van der Waals surface area contributed by atoms with Gasteiger partial charge in [0.25, 0.3) is 0 Å². The molecule has 0 amide bonds. The summed E-state index contributed by atoms with van der Waals surface area (Å²) in [5, 5.41) is 22.0. The number of carboxylic acids is 1. The van der Waals surface area contributed by atoms with Crippen LogP contribution in [0, 0.1) is 31.4 Å². The molecular weight excluding hydrogens is 478 g/mol. The molecule has 1 fully saturated rings. The van der Waals surface area contributed by atoms with Crippen molar-refractivity contribution in [2.45, 2.75) is 58.6 Å². The number of carbonyl (C=O) groups is 1. The van der Waals surface area contributed by atoms with Crippen molar-refractivity contribution in [3.8, 4) is 16.9 Å². The zero-order valence-corrected chi connectivity index (χ0v) is 21.4. The number of nitrogens with zero attached hydrogens (tertiary/aromatic N) is 1. The van der Waals surface area contributed by atoms with Crippen LogP contribution in [0.1, 0.15) is 54.9 Å². The first kappa shape index (κ1) is 26.5. The number of halogens is 2. The number of carboxylic acid groups (broad SMARTS) is 1. The number of hydrogen-bond donors (Lipinski definition) is 3. The van der Waals surface area contributed by atoms with Gasteiger partial charge >= 0.3 is 5.97 Å². The Balaban J connectivity index is 1.49. The molecule has 0 radical (unpaired) electrons. The van der Waals surface area contributed by atoms with E-state index >= 15 is 0 Å². The Morgan fingerprint density at radius 3 is 2.41 bits per heavy atom. The molecule has 0 bridgehead atoms. The first-order chi connectivity index (χ1) is 17.4. The molecule has 8 heteroatoms. The van der Waals surface area contributed by atoms with Crippen LogP contribution in [0.4, 0.5) is 14.6 Å². The maximum Gasteiger partial charge on any atom is 0.307 e. The number of aliphatic carboxylic acids is 1. The van der Waals surface area contributed by atoms with Crippen molar-refractivity contribution in [2.75, 3.05) is 11.9 Å². The number of aryl methyl sites for hydroxylation is 2. The van der Waals surface area contributed by atoms with E-state index in [4.69, 9.17) is 9.84 Å². The predicted molar refractivity (Wildman–Crippen MR) is 138 cm³/mol. The Hall–Kier alpha value is -3.52. The average molecular weight is 511 g/mol. The van der Waals surface area contributed by atoms with E-state index in [-0.39, 0.29) is 18.4 Å². The SMILES string of the molecule is Cc1cc(OCCC(C)(C)O)cc(C)c1-c1cc(CNc2ccc([C@H]3C[C@@H]3C(=O)O)cn2)c(F)cc1F. The maximum absolute atomic E-state index is 14.9. The summed E-state index contributed by atoms with van der Waals surface area (Å²) in [5.41, 5.74) is 2.89. The second-order valence-corrected chi connectivity index (χ2v) is 10.4. The molecule has 1 aliphatic carbocycles. The van der Waals surface area contributed by atoms with Crippen LogP contribution < -0.4 is 10.1 Å². The second kappa shape index (κ2) is 10.5. The summed E-state index contributed by atoms with van der Waals surface area (Å²) in [7, 11) is 0. The number of aromatic nitrogens is 1. The highest BCUT2D eigenvalue weighted by Crippen LogP contribution is 2.47. The summed E-state index contributed by atoms with van der Waals surface area (Å²) >= 11 is 0. The van der Waals surface area contributed by atoms with Crippen LogP contribution in [0.25, 0.3) is 11.1 Å². The highest BCUT2D eigenvalue weighted by atomic mass is 19.1. The lowest BCUT2D eigenvalue weighted by molar-refractivity contribution is -0.138. The number of rotatable bonds is 10. The van der Waals surface area contributed by atoms with Crippen LogP contribution in [0.3, 0.4) is 0 Å². The molecule has 2 atom stereocenters. The van der Waals surface area contributed by atoms with Crippen molar-refractivity contribution >= 4 is 11.8 Å². The summed E-state index contributed by atoms with van der Waals surface area (Å²) in [6, 6.07) is 9.60. The molecule has 1 heterocycles. The van der Waals surface area contributed by atoms with Gasteiger partial charge in [0.1, 0.15) is 23.2 Å². The molecular formula is C29H32F2N2O4. The maximum atomic E-state index is 14.9. The van der Waals surface area contributed by atoms with Gasteiger partial charge in [-0.25, -0.2) is 13.8 Å². The van der Waals surface area contributed by atoms with Gasteiger partial charge in [0.2, 0.25) is 0 Å². The third kappa shape index (κ3) is 6.43. The third-order valence-corrected chi connectivity index (χ3v) is 6.68. The molecule has 1 aromatic heterocycles. The lowest BCUT2D eigenvalue weighted by Crippen LogP contribution is -2.21. The van der Waals surface area contributed by atoms with E-state index in [0.717, 1.165) is 22.8 Å². The standard InChI is InChI=1S/C29H32F2N2O4/c1-16-9-20(37-8-7-29(3,4)36)10-17(2)27(16)23-11-19(24(30)13-25(23)31)15-33-26-6-5-18(14-32-26)21-12-22(21)28(34)35/h5-6,9-11,13-14,21-22,36H,7-8,12,15H2,1-4H3,(H,32,33)(H,34,35)/t21-,22+/m1/s1. The quantitative estimate of drug-likeness (QED) is 0.311. The topological polar surface area (TPSA) is 91.7 Å². The van der Waals surface area contributed by atoms with Gasteiger partial charge in [-0.05, 0) is 86.6 Å². The van der Waals surface area contributed by atoms with Crippen LogP contribution in [-0.2, 0) is 11.3 Å². The molecule has 37 heavy (non-hydrogen) atoms. The lowest BCUT2D eigenvalue weighted by atomic mass is 9.93. The minimum absolute atomic E-state index is 0.0130. The average Bonchev–Trinajstić information content (AvgIpc) is 3.60. The number of benzene rings is 2. The molecule has 1 aliphatic rings. The highest BCUT2D eigenvalue weighted by molar-refractivity contribution is 5.75. The zero-order chi connectivity index (χ0) is 26.9. The van der Waals surface area contributed by atoms with E-state index in [9.17, 15) is 18.7 Å². The molecule has 0 unspecified atom stereocenters. The Bertz CT molecular complexity index is 1280.